The zero-order valence-corrected chi connectivity index (χ0v) is 12.6. The molecule has 0 aliphatic carbocycles. The number of benzene rings is 1. The molecule has 1 rings (SSSR count). The summed E-state index contributed by atoms with van der Waals surface area (Å²) in [4.78, 5) is 10.9. The number of sulfonamides is 1. The highest BCUT2D eigenvalue weighted by Crippen LogP contribution is 2.20. The molecule has 0 radical (unpaired) electrons. The van der Waals surface area contributed by atoms with Gasteiger partial charge in [-0.05, 0) is 37.5 Å². The predicted molar refractivity (Wildman–Crippen MR) is 77.1 cm³/mol. The average molecular weight is 300 g/mol. The summed E-state index contributed by atoms with van der Waals surface area (Å²) in [7, 11) is -3.88. The van der Waals surface area contributed by atoms with E-state index in [-0.39, 0.29) is 22.2 Å². The Morgan fingerprint density at radius 1 is 1.35 bits per heavy atom. The Kier molecular flexibility index (Phi) is 5.13. The molecule has 0 aromatic heterocycles. The second-order valence-electron chi connectivity index (χ2n) is 5.21. The summed E-state index contributed by atoms with van der Waals surface area (Å²) in [5.74, 6) is -0.993. The minimum atomic E-state index is -3.88. The lowest BCUT2D eigenvalue weighted by Gasteiger charge is -2.17. The van der Waals surface area contributed by atoms with Gasteiger partial charge in [-0.1, -0.05) is 13.8 Å². The molecule has 0 bridgehead atoms. The van der Waals surface area contributed by atoms with Crippen molar-refractivity contribution in [3.8, 4) is 0 Å². The number of rotatable bonds is 6. The van der Waals surface area contributed by atoms with Crippen LogP contribution in [0, 0.1) is 5.92 Å². The van der Waals surface area contributed by atoms with Crippen LogP contribution in [0.5, 0.6) is 0 Å². The van der Waals surface area contributed by atoms with Gasteiger partial charge < -0.3 is 10.8 Å². The van der Waals surface area contributed by atoms with Crippen molar-refractivity contribution in [1.29, 1.82) is 0 Å². The molecule has 1 aromatic carbocycles. The highest BCUT2D eigenvalue weighted by atomic mass is 32.2. The van der Waals surface area contributed by atoms with E-state index >= 15 is 0 Å². The Labute approximate surface area is 119 Å². The summed E-state index contributed by atoms with van der Waals surface area (Å²) in [6.07, 6.45) is 0.663. The van der Waals surface area contributed by atoms with E-state index in [1.807, 2.05) is 13.8 Å². The van der Waals surface area contributed by atoms with Crippen molar-refractivity contribution in [2.75, 3.05) is 5.73 Å². The van der Waals surface area contributed by atoms with Gasteiger partial charge in [-0.15, -0.1) is 0 Å². The zero-order valence-electron chi connectivity index (χ0n) is 11.8. The molecule has 1 aromatic rings. The third-order valence-electron chi connectivity index (χ3n) is 2.70. The van der Waals surface area contributed by atoms with E-state index in [2.05, 4.69) is 4.72 Å². The van der Waals surface area contributed by atoms with Gasteiger partial charge in [0.05, 0.1) is 10.5 Å². The largest absolute Gasteiger partial charge is 0.478 e. The molecule has 4 N–H and O–H groups in total. The number of hydrogen-bond acceptors (Lipinski definition) is 4. The van der Waals surface area contributed by atoms with Gasteiger partial charge in [0, 0.05) is 11.7 Å². The highest BCUT2D eigenvalue weighted by molar-refractivity contribution is 7.89. The van der Waals surface area contributed by atoms with Crippen molar-refractivity contribution in [2.24, 2.45) is 5.92 Å². The number of nitrogen functional groups attached to an aromatic ring is 1. The number of aromatic carboxylic acids is 1. The number of nitrogens with one attached hydrogen (secondary N) is 1. The van der Waals surface area contributed by atoms with Crippen LogP contribution in [0.4, 0.5) is 5.69 Å². The zero-order chi connectivity index (χ0) is 15.5. The number of nitrogens with two attached hydrogens (primary N) is 1. The van der Waals surface area contributed by atoms with Crippen LogP contribution in [0.2, 0.25) is 0 Å². The predicted octanol–water partition coefficient (Wildman–Crippen LogP) is 1.68. The molecule has 0 saturated carbocycles. The molecule has 1 atom stereocenters. The maximum absolute atomic E-state index is 12.2. The Balaban J connectivity index is 3.13. The number of hydrogen-bond donors (Lipinski definition) is 3. The van der Waals surface area contributed by atoms with Gasteiger partial charge in [0.15, 0.2) is 0 Å². The molecule has 0 fully saturated rings. The molecule has 6 nitrogen and oxygen atoms in total. The molecule has 0 amide bonds. The minimum absolute atomic E-state index is 0.205. The van der Waals surface area contributed by atoms with Crippen LogP contribution >= 0.6 is 0 Å². The van der Waals surface area contributed by atoms with Gasteiger partial charge in [-0.2, -0.15) is 0 Å². The summed E-state index contributed by atoms with van der Waals surface area (Å²) >= 11 is 0. The third kappa shape index (κ3) is 4.21. The van der Waals surface area contributed by atoms with Crippen LogP contribution in [0.3, 0.4) is 0 Å². The van der Waals surface area contributed by atoms with E-state index in [4.69, 9.17) is 10.8 Å². The molecule has 0 aliphatic heterocycles. The Bertz CT molecular complexity index is 596. The Morgan fingerprint density at radius 3 is 2.45 bits per heavy atom. The van der Waals surface area contributed by atoms with Crippen molar-refractivity contribution in [2.45, 2.75) is 38.1 Å². The quantitative estimate of drug-likeness (QED) is 0.692. The maximum atomic E-state index is 12.2. The molecule has 1 unspecified atom stereocenters. The summed E-state index contributed by atoms with van der Waals surface area (Å²) in [5.41, 5.74) is 5.38. The molecule has 7 heteroatoms. The molecule has 20 heavy (non-hydrogen) atoms. The van der Waals surface area contributed by atoms with E-state index in [9.17, 15) is 13.2 Å². The van der Waals surface area contributed by atoms with Crippen LogP contribution in [-0.4, -0.2) is 25.5 Å². The van der Waals surface area contributed by atoms with E-state index in [1.54, 1.807) is 6.92 Å². The minimum Gasteiger partial charge on any atom is -0.478 e. The topological polar surface area (TPSA) is 109 Å². The number of carbonyl (C=O) groups is 1. The van der Waals surface area contributed by atoms with Crippen LogP contribution in [0.15, 0.2) is 23.1 Å². The standard InChI is InChI=1S/C13H20N2O4S/c1-8(2)6-9(3)15-20(18,19)12-5-4-10(14)7-11(12)13(16)17/h4-5,7-9,15H,6,14H2,1-3H3,(H,16,17). The fraction of sp³-hybridized carbons (Fsp3) is 0.462. The fourth-order valence-corrected chi connectivity index (χ4v) is 3.47. The van der Waals surface area contributed by atoms with Crippen LogP contribution < -0.4 is 10.5 Å². The van der Waals surface area contributed by atoms with E-state index in [0.29, 0.717) is 12.3 Å². The number of carboxylic acid groups (broad SMARTS) is 1. The van der Waals surface area contributed by atoms with Gasteiger partial charge in [0.1, 0.15) is 0 Å². The smallest absolute Gasteiger partial charge is 0.337 e. The second-order valence-corrected chi connectivity index (χ2v) is 6.90. The second kappa shape index (κ2) is 6.23. The molecule has 112 valence electrons. The van der Waals surface area contributed by atoms with E-state index in [0.717, 1.165) is 6.07 Å². The van der Waals surface area contributed by atoms with Gasteiger partial charge >= 0.3 is 5.97 Å². The van der Waals surface area contributed by atoms with Crippen molar-refractivity contribution in [3.05, 3.63) is 23.8 Å². The maximum Gasteiger partial charge on any atom is 0.337 e. The van der Waals surface area contributed by atoms with Crippen molar-refractivity contribution in [1.82, 2.24) is 4.72 Å². The van der Waals surface area contributed by atoms with E-state index < -0.39 is 16.0 Å². The number of anilines is 1. The first kappa shape index (κ1) is 16.5. The van der Waals surface area contributed by atoms with Gasteiger partial charge in [0.2, 0.25) is 10.0 Å². The Hall–Kier alpha value is -1.60. The first-order valence-electron chi connectivity index (χ1n) is 6.28. The first-order chi connectivity index (χ1) is 9.13. The Morgan fingerprint density at radius 2 is 1.95 bits per heavy atom. The van der Waals surface area contributed by atoms with E-state index in [1.165, 1.54) is 12.1 Å². The molecular formula is C13H20N2O4S. The highest BCUT2D eigenvalue weighted by Gasteiger charge is 2.24. The van der Waals surface area contributed by atoms with Gasteiger partial charge in [0.25, 0.3) is 0 Å². The SMILES string of the molecule is CC(C)CC(C)NS(=O)(=O)c1ccc(N)cc1C(=O)O. The molecule has 0 heterocycles. The van der Waals surface area contributed by atoms with Crippen molar-refractivity contribution in [3.63, 3.8) is 0 Å². The normalized spacial score (nSPS) is 13.4. The van der Waals surface area contributed by atoms with Crippen LogP contribution in [0.1, 0.15) is 37.6 Å². The third-order valence-corrected chi connectivity index (χ3v) is 4.35. The average Bonchev–Trinajstić information content (AvgIpc) is 2.26. The lowest BCUT2D eigenvalue weighted by Crippen LogP contribution is -2.34. The van der Waals surface area contributed by atoms with Crippen LogP contribution in [-0.2, 0) is 10.0 Å². The van der Waals surface area contributed by atoms with Crippen LogP contribution in [0.25, 0.3) is 0 Å². The van der Waals surface area contributed by atoms with Crippen molar-refractivity contribution < 1.29 is 18.3 Å². The summed E-state index contributed by atoms with van der Waals surface area (Å²) < 4.78 is 27.0. The molecule has 0 aliphatic rings. The van der Waals surface area contributed by atoms with Gasteiger partial charge in [-0.25, -0.2) is 17.9 Å². The summed E-state index contributed by atoms with van der Waals surface area (Å²) in [5, 5.41) is 9.09. The molecule has 0 spiro atoms. The summed E-state index contributed by atoms with van der Waals surface area (Å²) in [6.45, 7) is 5.71. The lowest BCUT2D eigenvalue weighted by atomic mass is 10.1. The molecule has 0 saturated heterocycles. The lowest BCUT2D eigenvalue weighted by molar-refractivity contribution is 0.0692. The fourth-order valence-electron chi connectivity index (χ4n) is 2.03. The summed E-state index contributed by atoms with van der Waals surface area (Å²) in [6, 6.07) is 3.45. The van der Waals surface area contributed by atoms with Crippen molar-refractivity contribution >= 4 is 21.7 Å². The first-order valence-corrected chi connectivity index (χ1v) is 7.77. The monoisotopic (exact) mass is 300 g/mol. The van der Waals surface area contributed by atoms with Gasteiger partial charge in [-0.3, -0.25) is 0 Å². The number of carboxylic acids is 1. The molecular weight excluding hydrogens is 280 g/mol.